The second-order valence-electron chi connectivity index (χ2n) is 9.49. The quantitative estimate of drug-likeness (QED) is 0.573. The van der Waals surface area contributed by atoms with E-state index < -0.39 is 5.54 Å². The maximum Gasteiger partial charge on any atom is 0.325 e. The number of carbonyl (C=O) groups is 2. The Bertz CT molecular complexity index is 973. The second kappa shape index (κ2) is 10.6. The van der Waals surface area contributed by atoms with E-state index in [1.165, 1.54) is 4.90 Å². The molecular weight excluding hydrogens is 428 g/mol. The van der Waals surface area contributed by atoms with Crippen LogP contribution in [0.1, 0.15) is 44.4 Å². The van der Waals surface area contributed by atoms with Crippen molar-refractivity contribution in [2.45, 2.75) is 57.5 Å². The van der Waals surface area contributed by atoms with E-state index in [2.05, 4.69) is 28.2 Å². The number of nitrogens with one attached hydrogen (secondary N) is 1. The van der Waals surface area contributed by atoms with Gasteiger partial charge in [0.25, 0.3) is 5.91 Å². The number of rotatable bonds is 9. The van der Waals surface area contributed by atoms with E-state index in [-0.39, 0.29) is 17.9 Å². The Morgan fingerprint density at radius 3 is 2.50 bits per heavy atom. The van der Waals surface area contributed by atoms with Crippen molar-refractivity contribution >= 4 is 11.9 Å². The van der Waals surface area contributed by atoms with Gasteiger partial charge in [0.05, 0.1) is 7.11 Å². The molecule has 2 atom stereocenters. The van der Waals surface area contributed by atoms with E-state index in [9.17, 15) is 9.59 Å². The number of nitrogens with zero attached hydrogens (tertiary/aromatic N) is 3. The summed E-state index contributed by atoms with van der Waals surface area (Å²) in [5, 5.41) is 3.11. The number of hydrogen-bond acceptors (Lipinski definition) is 5. The maximum absolute atomic E-state index is 13.5. The Kier molecular flexibility index (Phi) is 7.51. The summed E-state index contributed by atoms with van der Waals surface area (Å²) in [4.78, 5) is 34.8. The van der Waals surface area contributed by atoms with E-state index in [1.807, 2.05) is 49.5 Å². The highest BCUT2D eigenvalue weighted by atomic mass is 16.5. The van der Waals surface area contributed by atoms with Gasteiger partial charge in [-0.15, -0.1) is 0 Å². The second-order valence-corrected chi connectivity index (χ2v) is 9.49. The number of urea groups is 1. The minimum atomic E-state index is -0.784. The molecule has 2 aromatic rings. The molecule has 0 saturated carbocycles. The van der Waals surface area contributed by atoms with Gasteiger partial charge in [0.1, 0.15) is 11.3 Å². The molecule has 7 heteroatoms. The van der Waals surface area contributed by atoms with Crippen LogP contribution in [0.25, 0.3) is 0 Å². The molecular formula is C27H36N4O3. The number of methoxy groups -OCH3 is 1. The minimum absolute atomic E-state index is 0.0616. The molecule has 0 bridgehead atoms. The Hall–Kier alpha value is -2.93. The van der Waals surface area contributed by atoms with Crippen LogP contribution in [-0.2, 0) is 17.6 Å². The summed E-state index contributed by atoms with van der Waals surface area (Å²) in [6, 6.07) is 13.9. The lowest BCUT2D eigenvalue weighted by molar-refractivity contribution is -0.134. The van der Waals surface area contributed by atoms with Crippen molar-refractivity contribution in [3.8, 4) is 5.75 Å². The lowest BCUT2D eigenvalue weighted by atomic mass is 9.75. The molecule has 34 heavy (non-hydrogen) atoms. The molecule has 2 aliphatic rings. The van der Waals surface area contributed by atoms with E-state index in [4.69, 9.17) is 4.74 Å². The van der Waals surface area contributed by atoms with Crippen molar-refractivity contribution in [2.24, 2.45) is 5.92 Å². The third kappa shape index (κ3) is 4.94. The average Bonchev–Trinajstić information content (AvgIpc) is 3.13. The molecule has 4 rings (SSSR count). The fourth-order valence-electron chi connectivity index (χ4n) is 5.47. The van der Waals surface area contributed by atoms with Crippen LogP contribution in [0.15, 0.2) is 48.7 Å². The number of hydrogen-bond donors (Lipinski definition) is 1. The van der Waals surface area contributed by atoms with Gasteiger partial charge in [0, 0.05) is 30.9 Å². The van der Waals surface area contributed by atoms with E-state index in [0.29, 0.717) is 25.4 Å². The summed E-state index contributed by atoms with van der Waals surface area (Å²) in [7, 11) is 1.64. The number of piperidine rings is 1. The molecule has 1 aromatic carbocycles. The Morgan fingerprint density at radius 1 is 1.15 bits per heavy atom. The number of likely N-dealkylation sites (tertiary alicyclic amines) is 1. The molecule has 2 saturated heterocycles. The number of ether oxygens (including phenoxy) is 1. The van der Waals surface area contributed by atoms with Crippen LogP contribution >= 0.6 is 0 Å². The zero-order valence-electron chi connectivity index (χ0n) is 20.5. The molecule has 1 N–H and O–H groups in total. The zero-order valence-corrected chi connectivity index (χ0v) is 20.5. The van der Waals surface area contributed by atoms with Crippen LogP contribution in [-0.4, -0.2) is 65.0 Å². The number of benzene rings is 1. The fourth-order valence-corrected chi connectivity index (χ4v) is 5.47. The SMILES string of the molecule is CC[C@]1(C2CCN([C@@H](C)Cc3ccccn3)CC2)NC(=O)N(CCc2ccc(OC)cc2)C1=O. The summed E-state index contributed by atoms with van der Waals surface area (Å²) in [6.45, 7) is 6.50. The normalized spacial score (nSPS) is 22.6. The Morgan fingerprint density at radius 2 is 1.88 bits per heavy atom. The summed E-state index contributed by atoms with van der Waals surface area (Å²) in [5.41, 5.74) is 1.39. The van der Waals surface area contributed by atoms with Gasteiger partial charge in [0.15, 0.2) is 0 Å². The Labute approximate surface area is 202 Å². The first-order valence-electron chi connectivity index (χ1n) is 12.4. The summed E-state index contributed by atoms with van der Waals surface area (Å²) in [6.07, 6.45) is 5.81. The third-order valence-corrected chi connectivity index (χ3v) is 7.62. The van der Waals surface area contributed by atoms with Crippen molar-refractivity contribution in [3.63, 3.8) is 0 Å². The summed E-state index contributed by atoms with van der Waals surface area (Å²) >= 11 is 0. The summed E-state index contributed by atoms with van der Waals surface area (Å²) < 4.78 is 5.21. The van der Waals surface area contributed by atoms with Gasteiger partial charge in [-0.1, -0.05) is 25.1 Å². The van der Waals surface area contributed by atoms with Crippen LogP contribution in [0.3, 0.4) is 0 Å². The highest BCUT2D eigenvalue weighted by molar-refractivity contribution is 6.07. The van der Waals surface area contributed by atoms with Gasteiger partial charge in [-0.3, -0.25) is 14.7 Å². The van der Waals surface area contributed by atoms with E-state index >= 15 is 0 Å². The van der Waals surface area contributed by atoms with E-state index in [0.717, 1.165) is 49.4 Å². The van der Waals surface area contributed by atoms with Gasteiger partial charge < -0.3 is 15.0 Å². The molecule has 0 unspecified atom stereocenters. The highest BCUT2D eigenvalue weighted by Gasteiger charge is 2.54. The molecule has 182 valence electrons. The van der Waals surface area contributed by atoms with Gasteiger partial charge in [-0.25, -0.2) is 4.79 Å². The van der Waals surface area contributed by atoms with Crippen LogP contribution in [0, 0.1) is 5.92 Å². The van der Waals surface area contributed by atoms with Gasteiger partial charge in [-0.05, 0) is 81.4 Å². The minimum Gasteiger partial charge on any atom is -0.497 e. The molecule has 3 heterocycles. The van der Waals surface area contributed by atoms with Gasteiger partial charge >= 0.3 is 6.03 Å². The topological polar surface area (TPSA) is 74.8 Å². The lowest BCUT2D eigenvalue weighted by Crippen LogP contribution is -2.56. The first-order valence-corrected chi connectivity index (χ1v) is 12.4. The predicted octanol–water partition coefficient (Wildman–Crippen LogP) is 3.68. The number of carbonyl (C=O) groups excluding carboxylic acids is 2. The summed E-state index contributed by atoms with van der Waals surface area (Å²) in [5.74, 6) is 0.885. The van der Waals surface area contributed by atoms with Crippen molar-refractivity contribution in [1.29, 1.82) is 0 Å². The van der Waals surface area contributed by atoms with Crippen LogP contribution < -0.4 is 10.1 Å². The number of pyridine rings is 1. The van der Waals surface area contributed by atoms with Gasteiger partial charge in [0.2, 0.25) is 0 Å². The molecule has 0 aliphatic carbocycles. The molecule has 1 aromatic heterocycles. The zero-order chi connectivity index (χ0) is 24.1. The number of aromatic nitrogens is 1. The molecule has 2 aliphatic heterocycles. The first-order chi connectivity index (χ1) is 16.5. The van der Waals surface area contributed by atoms with Crippen molar-refractivity contribution in [3.05, 3.63) is 59.9 Å². The smallest absolute Gasteiger partial charge is 0.325 e. The monoisotopic (exact) mass is 464 g/mol. The van der Waals surface area contributed by atoms with Crippen LogP contribution in [0.4, 0.5) is 4.79 Å². The van der Waals surface area contributed by atoms with Crippen molar-refractivity contribution in [1.82, 2.24) is 20.1 Å². The average molecular weight is 465 g/mol. The third-order valence-electron chi connectivity index (χ3n) is 7.62. The highest BCUT2D eigenvalue weighted by Crippen LogP contribution is 2.36. The lowest BCUT2D eigenvalue weighted by Gasteiger charge is -2.42. The van der Waals surface area contributed by atoms with Crippen LogP contribution in [0.5, 0.6) is 5.75 Å². The van der Waals surface area contributed by atoms with E-state index in [1.54, 1.807) is 7.11 Å². The van der Waals surface area contributed by atoms with Crippen molar-refractivity contribution in [2.75, 3.05) is 26.7 Å². The van der Waals surface area contributed by atoms with Gasteiger partial charge in [-0.2, -0.15) is 0 Å². The maximum atomic E-state index is 13.5. The Balaban J connectivity index is 1.36. The number of amides is 3. The molecule has 3 amide bonds. The largest absolute Gasteiger partial charge is 0.497 e. The fraction of sp³-hybridized carbons (Fsp3) is 0.519. The molecule has 2 fully saturated rings. The first kappa shape index (κ1) is 24.2. The predicted molar refractivity (Wildman–Crippen MR) is 132 cm³/mol. The molecule has 0 spiro atoms. The van der Waals surface area contributed by atoms with Crippen LogP contribution in [0.2, 0.25) is 0 Å². The number of imide groups is 1. The molecule has 0 radical (unpaired) electrons. The molecule has 7 nitrogen and oxygen atoms in total. The van der Waals surface area contributed by atoms with Crippen molar-refractivity contribution < 1.29 is 14.3 Å². The standard InChI is InChI=1S/C27H36N4O3/c1-4-27(22-13-16-30(17-14-22)20(2)19-23-7-5-6-15-28-23)25(32)31(26(33)29-27)18-12-21-8-10-24(34-3)11-9-21/h5-11,15,20,22H,4,12-14,16-19H2,1-3H3,(H,29,33)/t20-,27+/m0/s1.